The molecule has 1 heterocycles. The van der Waals surface area contributed by atoms with Crippen LogP contribution in [0, 0.1) is 0 Å². The molecule has 0 spiro atoms. The first-order valence-electron chi connectivity index (χ1n) is 7.88. The number of ether oxygens (including phenoxy) is 1. The zero-order chi connectivity index (χ0) is 18.5. The van der Waals surface area contributed by atoms with E-state index in [4.69, 9.17) is 27.9 Å². The van der Waals surface area contributed by atoms with Gasteiger partial charge in [-0.1, -0.05) is 59.2 Å². The Hall–Kier alpha value is -1.95. The smallest absolute Gasteiger partial charge is 0.192 e. The Morgan fingerprint density at radius 2 is 1.96 bits per heavy atom. The van der Waals surface area contributed by atoms with E-state index in [9.17, 15) is 0 Å². The number of thioether (sulfide) groups is 1. The average molecular weight is 406 g/mol. The molecule has 0 saturated heterocycles. The van der Waals surface area contributed by atoms with Crippen LogP contribution in [0.2, 0.25) is 10.0 Å². The molecule has 4 nitrogen and oxygen atoms in total. The molecule has 0 unspecified atom stereocenters. The fourth-order valence-corrected chi connectivity index (χ4v) is 3.71. The standard InChI is InChI=1S/C19H17Cl2N3OS/c1-3-10-24-18(14-6-4-5-7-17(14)25-2)22-23-19(24)26-12-13-8-9-15(20)16(21)11-13/h3-9,11H,1,10,12H2,2H3. The van der Waals surface area contributed by atoms with E-state index in [2.05, 4.69) is 16.8 Å². The second kappa shape index (κ2) is 8.62. The van der Waals surface area contributed by atoms with E-state index in [0.717, 1.165) is 27.9 Å². The SMILES string of the molecule is C=CCn1c(SCc2ccc(Cl)c(Cl)c2)nnc1-c1ccccc1OC. The molecule has 26 heavy (non-hydrogen) atoms. The van der Waals surface area contributed by atoms with Crippen LogP contribution < -0.4 is 4.74 Å². The third kappa shape index (κ3) is 4.06. The number of benzene rings is 2. The first-order chi connectivity index (χ1) is 12.6. The number of allylic oxidation sites excluding steroid dienone is 1. The van der Waals surface area contributed by atoms with Crippen LogP contribution in [0.25, 0.3) is 11.4 Å². The number of para-hydroxylation sites is 1. The third-order valence-electron chi connectivity index (χ3n) is 3.73. The molecule has 134 valence electrons. The van der Waals surface area contributed by atoms with Gasteiger partial charge >= 0.3 is 0 Å². The highest BCUT2D eigenvalue weighted by molar-refractivity contribution is 7.98. The van der Waals surface area contributed by atoms with Gasteiger partial charge < -0.3 is 4.74 Å². The molecular weight excluding hydrogens is 389 g/mol. The van der Waals surface area contributed by atoms with Gasteiger partial charge in [-0.25, -0.2) is 0 Å². The van der Waals surface area contributed by atoms with Crippen molar-refractivity contribution in [2.24, 2.45) is 0 Å². The predicted octanol–water partition coefficient (Wildman–Crippen LogP) is 5.74. The van der Waals surface area contributed by atoms with Crippen molar-refractivity contribution < 1.29 is 4.74 Å². The van der Waals surface area contributed by atoms with E-state index in [0.29, 0.717) is 22.3 Å². The van der Waals surface area contributed by atoms with Gasteiger partial charge in [0, 0.05) is 12.3 Å². The van der Waals surface area contributed by atoms with Gasteiger partial charge in [-0.2, -0.15) is 0 Å². The summed E-state index contributed by atoms with van der Waals surface area (Å²) >= 11 is 13.7. The van der Waals surface area contributed by atoms with Gasteiger partial charge in [0.05, 0.1) is 22.7 Å². The van der Waals surface area contributed by atoms with Gasteiger partial charge in [-0.3, -0.25) is 4.57 Å². The lowest BCUT2D eigenvalue weighted by Crippen LogP contribution is -2.01. The van der Waals surface area contributed by atoms with E-state index >= 15 is 0 Å². The van der Waals surface area contributed by atoms with Gasteiger partial charge in [0.2, 0.25) is 0 Å². The molecule has 0 bridgehead atoms. The number of methoxy groups -OCH3 is 1. The van der Waals surface area contributed by atoms with E-state index < -0.39 is 0 Å². The maximum absolute atomic E-state index is 6.09. The molecular formula is C19H17Cl2N3OS. The Kier molecular flexibility index (Phi) is 6.25. The minimum atomic E-state index is 0.548. The summed E-state index contributed by atoms with van der Waals surface area (Å²) in [6.07, 6.45) is 1.82. The highest BCUT2D eigenvalue weighted by Crippen LogP contribution is 2.32. The highest BCUT2D eigenvalue weighted by atomic mass is 35.5. The summed E-state index contributed by atoms with van der Waals surface area (Å²) in [5.74, 6) is 2.21. The summed E-state index contributed by atoms with van der Waals surface area (Å²) in [7, 11) is 1.65. The average Bonchev–Trinajstić information content (AvgIpc) is 3.05. The fraction of sp³-hybridized carbons (Fsp3) is 0.158. The van der Waals surface area contributed by atoms with Crippen molar-refractivity contribution in [1.82, 2.24) is 14.8 Å². The molecule has 0 N–H and O–H groups in total. The lowest BCUT2D eigenvalue weighted by molar-refractivity contribution is 0.416. The number of aromatic nitrogens is 3. The molecule has 0 saturated carbocycles. The number of hydrogen-bond donors (Lipinski definition) is 0. The van der Waals surface area contributed by atoms with Gasteiger partial charge in [-0.15, -0.1) is 16.8 Å². The summed E-state index contributed by atoms with van der Waals surface area (Å²) in [5.41, 5.74) is 1.96. The van der Waals surface area contributed by atoms with Gasteiger partial charge in [0.25, 0.3) is 0 Å². The first-order valence-corrected chi connectivity index (χ1v) is 9.62. The Morgan fingerprint density at radius 1 is 1.15 bits per heavy atom. The summed E-state index contributed by atoms with van der Waals surface area (Å²) in [4.78, 5) is 0. The molecule has 0 atom stereocenters. The summed E-state index contributed by atoms with van der Waals surface area (Å²) < 4.78 is 7.48. The van der Waals surface area contributed by atoms with Crippen LogP contribution in [0.15, 0.2) is 60.3 Å². The lowest BCUT2D eigenvalue weighted by atomic mass is 10.2. The minimum Gasteiger partial charge on any atom is -0.496 e. The zero-order valence-electron chi connectivity index (χ0n) is 14.2. The van der Waals surface area contributed by atoms with Crippen molar-refractivity contribution in [3.05, 3.63) is 70.7 Å². The van der Waals surface area contributed by atoms with Gasteiger partial charge in [0.15, 0.2) is 11.0 Å². The highest BCUT2D eigenvalue weighted by Gasteiger charge is 2.16. The fourth-order valence-electron chi connectivity index (χ4n) is 2.50. The molecule has 3 rings (SSSR count). The van der Waals surface area contributed by atoms with Crippen LogP contribution in [0.4, 0.5) is 0 Å². The van der Waals surface area contributed by atoms with Crippen molar-refractivity contribution in [2.45, 2.75) is 17.5 Å². The second-order valence-electron chi connectivity index (χ2n) is 5.44. The third-order valence-corrected chi connectivity index (χ3v) is 5.51. The second-order valence-corrected chi connectivity index (χ2v) is 7.20. The van der Waals surface area contributed by atoms with E-state index in [1.54, 1.807) is 24.9 Å². The Labute approximate surface area is 166 Å². The van der Waals surface area contributed by atoms with Crippen molar-refractivity contribution in [3.63, 3.8) is 0 Å². The van der Waals surface area contributed by atoms with Crippen LogP contribution in [-0.4, -0.2) is 21.9 Å². The molecule has 0 radical (unpaired) electrons. The van der Waals surface area contributed by atoms with Gasteiger partial charge in [-0.05, 0) is 29.8 Å². The summed E-state index contributed by atoms with van der Waals surface area (Å²) in [5, 5.41) is 10.6. The van der Waals surface area contributed by atoms with Gasteiger partial charge in [0.1, 0.15) is 5.75 Å². The van der Waals surface area contributed by atoms with E-state index in [1.807, 2.05) is 47.0 Å². The maximum Gasteiger partial charge on any atom is 0.192 e. The normalized spacial score (nSPS) is 10.7. The summed E-state index contributed by atoms with van der Waals surface area (Å²) in [6.45, 7) is 4.45. The molecule has 0 amide bonds. The molecule has 0 aliphatic carbocycles. The number of rotatable bonds is 7. The lowest BCUT2D eigenvalue weighted by Gasteiger charge is -2.10. The van der Waals surface area contributed by atoms with Crippen molar-refractivity contribution in [3.8, 4) is 17.1 Å². The number of hydrogen-bond acceptors (Lipinski definition) is 4. The monoisotopic (exact) mass is 405 g/mol. The van der Waals surface area contributed by atoms with Crippen molar-refractivity contribution in [1.29, 1.82) is 0 Å². The van der Waals surface area contributed by atoms with E-state index in [-0.39, 0.29) is 0 Å². The van der Waals surface area contributed by atoms with Crippen LogP contribution in [0.5, 0.6) is 5.75 Å². The molecule has 7 heteroatoms. The number of nitrogens with zero attached hydrogens (tertiary/aromatic N) is 3. The molecule has 2 aromatic carbocycles. The first kappa shape index (κ1) is 18.8. The molecule has 0 fully saturated rings. The maximum atomic E-state index is 6.09. The van der Waals surface area contributed by atoms with Crippen LogP contribution in [-0.2, 0) is 12.3 Å². The van der Waals surface area contributed by atoms with Crippen LogP contribution in [0.1, 0.15) is 5.56 Å². The Bertz CT molecular complexity index is 927. The van der Waals surface area contributed by atoms with Crippen molar-refractivity contribution in [2.75, 3.05) is 7.11 Å². The summed E-state index contributed by atoms with van der Waals surface area (Å²) in [6, 6.07) is 13.4. The predicted molar refractivity (Wildman–Crippen MR) is 108 cm³/mol. The molecule has 1 aromatic heterocycles. The largest absolute Gasteiger partial charge is 0.496 e. The Morgan fingerprint density at radius 3 is 2.69 bits per heavy atom. The quantitative estimate of drug-likeness (QED) is 0.371. The van der Waals surface area contributed by atoms with Crippen LogP contribution in [0.3, 0.4) is 0 Å². The number of halogens is 2. The zero-order valence-corrected chi connectivity index (χ0v) is 16.5. The minimum absolute atomic E-state index is 0.548. The van der Waals surface area contributed by atoms with Crippen LogP contribution >= 0.6 is 35.0 Å². The topological polar surface area (TPSA) is 39.9 Å². The van der Waals surface area contributed by atoms with Crippen molar-refractivity contribution >= 4 is 35.0 Å². The molecule has 0 aliphatic rings. The molecule has 3 aromatic rings. The van der Waals surface area contributed by atoms with E-state index in [1.165, 1.54) is 0 Å². The Balaban J connectivity index is 1.89. The molecule has 0 aliphatic heterocycles.